The van der Waals surface area contributed by atoms with Crippen molar-refractivity contribution in [3.8, 4) is 17.2 Å². The Morgan fingerprint density at radius 2 is 1.58 bits per heavy atom. The minimum absolute atomic E-state index is 0. The van der Waals surface area contributed by atoms with Crippen molar-refractivity contribution in [1.29, 1.82) is 0 Å². The molecule has 12 heteroatoms. The number of hydrogen-bond acceptors (Lipinski definition) is 8. The van der Waals surface area contributed by atoms with Gasteiger partial charge in [0.15, 0.2) is 11.5 Å². The number of amides is 1. The van der Waals surface area contributed by atoms with Crippen molar-refractivity contribution >= 4 is 41.0 Å². The SMILES string of the molecule is CCc1c(C=CC(=O)Nc2ccc3c(c2)c(=O)[nH]c(=O)n3CCCCN2CCC(OC(c3ccccc3)c3ccccc3)CC2)cc(OC)c(O)c1OC.Cl. The smallest absolute Gasteiger partial charge is 0.328 e. The Hall–Kier alpha value is -5.36. The summed E-state index contributed by atoms with van der Waals surface area (Å²) in [6, 6.07) is 27.4. The lowest BCUT2D eigenvalue weighted by atomic mass is 10.00. The highest BCUT2D eigenvalue weighted by Gasteiger charge is 2.25. The highest BCUT2D eigenvalue weighted by Crippen LogP contribution is 2.41. The number of benzene rings is 4. The first-order valence-electron chi connectivity index (χ1n) is 18.5. The number of ether oxygens (including phenoxy) is 3. The first-order valence-corrected chi connectivity index (χ1v) is 18.5. The average molecular weight is 769 g/mol. The molecule has 6 rings (SSSR count). The Kier molecular flexibility index (Phi) is 14.3. The summed E-state index contributed by atoms with van der Waals surface area (Å²) in [6.07, 6.45) is 7.17. The Bertz CT molecular complexity index is 2160. The number of nitrogens with zero attached hydrogens (tertiary/aromatic N) is 2. The number of likely N-dealkylation sites (tertiary alicyclic amines) is 1. The van der Waals surface area contributed by atoms with Gasteiger partial charge in [0.1, 0.15) is 6.10 Å². The third-order valence-electron chi connectivity index (χ3n) is 9.99. The summed E-state index contributed by atoms with van der Waals surface area (Å²) in [4.78, 5) is 43.6. The van der Waals surface area contributed by atoms with E-state index in [1.54, 1.807) is 34.9 Å². The lowest BCUT2D eigenvalue weighted by Gasteiger charge is -2.34. The van der Waals surface area contributed by atoms with Gasteiger partial charge in [-0.25, -0.2) is 4.79 Å². The summed E-state index contributed by atoms with van der Waals surface area (Å²) in [5.41, 5.74) is 3.65. The lowest BCUT2D eigenvalue weighted by Crippen LogP contribution is -2.38. The number of H-pyrrole nitrogens is 1. The van der Waals surface area contributed by atoms with E-state index < -0.39 is 17.2 Å². The number of phenols is 1. The number of fused-ring (bicyclic) bond motifs is 1. The number of aromatic nitrogens is 2. The van der Waals surface area contributed by atoms with Crippen molar-refractivity contribution < 1.29 is 24.1 Å². The molecule has 0 unspecified atom stereocenters. The highest BCUT2D eigenvalue weighted by atomic mass is 35.5. The van der Waals surface area contributed by atoms with Gasteiger partial charge in [0, 0.05) is 37.0 Å². The number of aryl methyl sites for hydroxylation is 1. The number of phenolic OH excluding ortho intramolecular Hbond substituents is 1. The maximum atomic E-state index is 12.9. The molecule has 0 aliphatic carbocycles. The van der Waals surface area contributed by atoms with E-state index in [9.17, 15) is 19.5 Å². The third-order valence-corrected chi connectivity index (χ3v) is 9.99. The maximum absolute atomic E-state index is 12.9. The number of anilines is 1. The Labute approximate surface area is 327 Å². The van der Waals surface area contributed by atoms with E-state index in [0.29, 0.717) is 40.9 Å². The van der Waals surface area contributed by atoms with Gasteiger partial charge in [0.25, 0.3) is 5.56 Å². The number of unbranched alkanes of at least 4 members (excludes halogenated alkanes) is 1. The molecule has 1 aromatic heterocycles. The second kappa shape index (κ2) is 19.3. The van der Waals surface area contributed by atoms with Gasteiger partial charge in [0.2, 0.25) is 11.7 Å². The van der Waals surface area contributed by atoms with Gasteiger partial charge < -0.3 is 29.5 Å². The van der Waals surface area contributed by atoms with Crippen molar-refractivity contribution in [2.75, 3.05) is 39.2 Å². The van der Waals surface area contributed by atoms with Crippen LogP contribution < -0.4 is 26.0 Å². The molecule has 3 N–H and O–H groups in total. The fourth-order valence-electron chi connectivity index (χ4n) is 7.19. The number of nitrogens with one attached hydrogen (secondary N) is 2. The zero-order valence-electron chi connectivity index (χ0n) is 31.5. The fraction of sp³-hybridized carbons (Fsp3) is 0.326. The van der Waals surface area contributed by atoms with Crippen molar-refractivity contribution in [3.05, 3.63) is 134 Å². The molecule has 0 saturated carbocycles. The molecule has 1 fully saturated rings. The van der Waals surface area contributed by atoms with Crippen LogP contribution >= 0.6 is 12.4 Å². The van der Waals surface area contributed by atoms with Crippen molar-refractivity contribution in [1.82, 2.24) is 14.5 Å². The molecule has 290 valence electrons. The maximum Gasteiger partial charge on any atom is 0.328 e. The monoisotopic (exact) mass is 768 g/mol. The van der Waals surface area contributed by atoms with Crippen LogP contribution in [0.1, 0.15) is 61.0 Å². The topological polar surface area (TPSA) is 135 Å². The number of hydrogen-bond donors (Lipinski definition) is 3. The van der Waals surface area contributed by atoms with E-state index in [0.717, 1.165) is 62.0 Å². The predicted molar refractivity (Wildman–Crippen MR) is 219 cm³/mol. The van der Waals surface area contributed by atoms with E-state index in [-0.39, 0.29) is 36.1 Å². The molecule has 4 aromatic carbocycles. The van der Waals surface area contributed by atoms with Crippen LogP contribution in [0.2, 0.25) is 0 Å². The van der Waals surface area contributed by atoms with Gasteiger partial charge in [-0.1, -0.05) is 67.6 Å². The standard InChI is InChI=1S/C43H48N4O7.ClH/c1-4-34-31(27-37(52-2)39(49)41(34)53-3)17-20-38(48)44-32-18-19-36-35(28-32)42(50)45-43(51)47(36)24-12-11-23-46-25-21-33(22-26-46)54-40(29-13-7-5-8-14-29)30-15-9-6-10-16-30;/h5-10,13-20,27-28,33,40,49H,4,11-12,21-26H2,1-3H3,(H,44,48)(H,45,50,51);1H. The first kappa shape index (κ1) is 40.8. The molecular weight excluding hydrogens is 720 g/mol. The predicted octanol–water partition coefficient (Wildman–Crippen LogP) is 7.10. The van der Waals surface area contributed by atoms with Crippen LogP contribution in [-0.2, 0) is 22.5 Å². The Balaban J connectivity index is 0.00000580. The van der Waals surface area contributed by atoms with E-state index in [2.05, 4.69) is 63.7 Å². The number of aromatic hydroxyl groups is 1. The summed E-state index contributed by atoms with van der Waals surface area (Å²) < 4.78 is 19.0. The zero-order valence-corrected chi connectivity index (χ0v) is 32.3. The number of methoxy groups -OCH3 is 2. The van der Waals surface area contributed by atoms with E-state index in [1.165, 1.54) is 20.3 Å². The summed E-state index contributed by atoms with van der Waals surface area (Å²) in [5.74, 6) is -0.00266. The molecule has 2 heterocycles. The molecule has 1 saturated heterocycles. The zero-order chi connectivity index (χ0) is 38.0. The molecule has 0 bridgehead atoms. The number of carbonyl (C=O) groups excluding carboxylic acids is 1. The van der Waals surface area contributed by atoms with Gasteiger partial charge in [-0.3, -0.25) is 19.1 Å². The van der Waals surface area contributed by atoms with Crippen LogP contribution in [-0.4, -0.2) is 65.4 Å². The van der Waals surface area contributed by atoms with E-state index >= 15 is 0 Å². The largest absolute Gasteiger partial charge is 0.502 e. The second-order valence-corrected chi connectivity index (χ2v) is 13.4. The second-order valence-electron chi connectivity index (χ2n) is 13.4. The average Bonchev–Trinajstić information content (AvgIpc) is 3.20. The number of aromatic amines is 1. The van der Waals surface area contributed by atoms with Gasteiger partial charge in [-0.15, -0.1) is 12.4 Å². The minimum atomic E-state index is -0.513. The lowest BCUT2D eigenvalue weighted by molar-refractivity contribution is -0.111. The number of halogens is 1. The first-order chi connectivity index (χ1) is 26.3. The quantitative estimate of drug-likeness (QED) is 0.0759. The Morgan fingerprint density at radius 1 is 0.927 bits per heavy atom. The van der Waals surface area contributed by atoms with Crippen LogP contribution in [0.15, 0.2) is 101 Å². The van der Waals surface area contributed by atoms with E-state index in [1.807, 2.05) is 19.1 Å². The van der Waals surface area contributed by atoms with Crippen LogP contribution in [0.25, 0.3) is 17.0 Å². The summed E-state index contributed by atoms with van der Waals surface area (Å²) in [5, 5.41) is 13.5. The molecule has 1 amide bonds. The van der Waals surface area contributed by atoms with Gasteiger partial charge >= 0.3 is 5.69 Å². The highest BCUT2D eigenvalue weighted by molar-refractivity contribution is 6.03. The van der Waals surface area contributed by atoms with E-state index in [4.69, 9.17) is 14.2 Å². The summed E-state index contributed by atoms with van der Waals surface area (Å²) in [7, 11) is 2.90. The molecule has 1 aliphatic rings. The summed E-state index contributed by atoms with van der Waals surface area (Å²) >= 11 is 0. The van der Waals surface area contributed by atoms with Crippen molar-refractivity contribution in [2.24, 2.45) is 0 Å². The minimum Gasteiger partial charge on any atom is -0.502 e. The molecule has 55 heavy (non-hydrogen) atoms. The van der Waals surface area contributed by atoms with Crippen LogP contribution in [0.5, 0.6) is 17.2 Å². The molecule has 0 atom stereocenters. The number of rotatable bonds is 15. The molecule has 0 spiro atoms. The van der Waals surface area contributed by atoms with Crippen molar-refractivity contribution in [2.45, 2.75) is 57.8 Å². The molecular formula is C43H49ClN4O7. The fourth-order valence-corrected chi connectivity index (χ4v) is 7.19. The van der Waals surface area contributed by atoms with Gasteiger partial charge in [0.05, 0.1) is 31.2 Å². The normalized spacial score (nSPS) is 13.6. The molecule has 11 nitrogen and oxygen atoms in total. The third kappa shape index (κ3) is 9.85. The molecule has 5 aromatic rings. The Morgan fingerprint density at radius 3 is 2.20 bits per heavy atom. The number of carbonyl (C=O) groups is 1. The molecule has 1 aliphatic heterocycles. The van der Waals surface area contributed by atoms with Crippen LogP contribution in [0, 0.1) is 0 Å². The van der Waals surface area contributed by atoms with Crippen LogP contribution in [0.4, 0.5) is 5.69 Å². The molecule has 0 radical (unpaired) electrons. The summed E-state index contributed by atoms with van der Waals surface area (Å²) in [6.45, 7) is 5.18. The van der Waals surface area contributed by atoms with Crippen molar-refractivity contribution in [3.63, 3.8) is 0 Å². The van der Waals surface area contributed by atoms with Gasteiger partial charge in [-0.05, 0) is 85.7 Å². The van der Waals surface area contributed by atoms with Gasteiger partial charge in [-0.2, -0.15) is 0 Å². The van der Waals surface area contributed by atoms with Crippen LogP contribution in [0.3, 0.4) is 0 Å². The number of piperidine rings is 1.